The Morgan fingerprint density at radius 1 is 0.234 bits per heavy atom. The SMILES string of the molecule is CC1(C)c2ccccc2-c2cc3c(cc21)-c1ccc(-c2ccc4ccc5c(-c6ccc7c(c6)C(C)(C)c6cc8c(cc6-7)C(C)(C)c6ccccc6-8)ccc6ccc2c4c65)cc1C3(C)C. The van der Waals surface area contributed by atoms with Gasteiger partial charge in [-0.3, -0.25) is 0 Å². The molecule has 0 fully saturated rings. The van der Waals surface area contributed by atoms with Gasteiger partial charge in [-0.1, -0.05) is 177 Å². The Kier molecular flexibility index (Phi) is 6.69. The maximum Gasteiger partial charge on any atom is 0.0159 e. The number of hydrogen-bond donors (Lipinski definition) is 0. The van der Waals surface area contributed by atoms with Crippen molar-refractivity contribution in [3.63, 3.8) is 0 Å². The Morgan fingerprint density at radius 2 is 0.531 bits per heavy atom. The van der Waals surface area contributed by atoms with Crippen molar-refractivity contribution >= 4 is 32.3 Å². The Hall–Kier alpha value is -6.76. The van der Waals surface area contributed by atoms with Crippen LogP contribution in [0.5, 0.6) is 0 Å². The second kappa shape index (κ2) is 11.7. The molecular formula is C64H50. The van der Waals surface area contributed by atoms with Crippen molar-refractivity contribution in [3.8, 4) is 66.8 Å². The van der Waals surface area contributed by atoms with Crippen LogP contribution in [0.4, 0.5) is 0 Å². The van der Waals surface area contributed by atoms with Crippen LogP contribution in [-0.4, -0.2) is 0 Å². The van der Waals surface area contributed by atoms with Crippen LogP contribution < -0.4 is 0 Å². The second-order valence-corrected chi connectivity index (χ2v) is 21.6. The first kappa shape index (κ1) is 36.7. The molecule has 0 atom stereocenters. The summed E-state index contributed by atoms with van der Waals surface area (Å²) in [6.45, 7) is 19.3. The Morgan fingerprint density at radius 3 is 0.922 bits per heavy atom. The van der Waals surface area contributed by atoms with E-state index >= 15 is 0 Å². The highest BCUT2D eigenvalue weighted by molar-refractivity contribution is 6.27. The van der Waals surface area contributed by atoms with E-state index in [0.29, 0.717) is 0 Å². The van der Waals surface area contributed by atoms with Gasteiger partial charge < -0.3 is 0 Å². The third-order valence-electron chi connectivity index (χ3n) is 17.0. The first-order valence-electron chi connectivity index (χ1n) is 23.3. The van der Waals surface area contributed by atoms with E-state index in [0.717, 1.165) is 0 Å². The average molecular weight is 819 g/mol. The molecule has 0 unspecified atom stereocenters. The standard InChI is InChI=1S/C64H50/c1-61(2)51-15-11-9-13-41(51)47-31-57-49(33-55(47)61)43-25-21-37(29-53(43)63(57,5)6)39-23-17-35-20-28-46-40(24-18-36-19-27-45(39)59(35)60(36)46)38-22-26-44-50-34-56-48(32-58(50)64(7,8)54(44)30-38)42-14-10-12-16-52(42)62(56,3)4/h9-34H,1-8H3. The molecule has 0 amide bonds. The van der Waals surface area contributed by atoms with Crippen molar-refractivity contribution in [1.29, 1.82) is 0 Å². The molecular weight excluding hydrogens is 769 g/mol. The summed E-state index contributed by atoms with van der Waals surface area (Å²) in [5.74, 6) is 0. The minimum atomic E-state index is -0.121. The highest BCUT2D eigenvalue weighted by Crippen LogP contribution is 2.59. The zero-order valence-electron chi connectivity index (χ0n) is 38.0. The number of hydrogen-bond acceptors (Lipinski definition) is 0. The van der Waals surface area contributed by atoms with E-state index in [4.69, 9.17) is 0 Å². The summed E-state index contributed by atoms with van der Waals surface area (Å²) >= 11 is 0. The molecule has 4 aliphatic rings. The van der Waals surface area contributed by atoms with Gasteiger partial charge in [0.2, 0.25) is 0 Å². The fourth-order valence-corrected chi connectivity index (χ4v) is 13.5. The molecule has 0 aliphatic heterocycles. The van der Waals surface area contributed by atoms with E-state index in [1.807, 2.05) is 0 Å². The summed E-state index contributed by atoms with van der Waals surface area (Å²) in [6, 6.07) is 61.6. The third-order valence-corrected chi connectivity index (χ3v) is 17.0. The van der Waals surface area contributed by atoms with Crippen LogP contribution in [0.2, 0.25) is 0 Å². The molecule has 0 nitrogen and oxygen atoms in total. The molecule has 4 aliphatic carbocycles. The van der Waals surface area contributed by atoms with E-state index in [2.05, 4.69) is 213 Å². The molecule has 0 radical (unpaired) electrons. The first-order valence-corrected chi connectivity index (χ1v) is 23.3. The molecule has 306 valence electrons. The molecule has 0 saturated carbocycles. The van der Waals surface area contributed by atoms with Gasteiger partial charge in [0.1, 0.15) is 0 Å². The molecule has 0 heteroatoms. The van der Waals surface area contributed by atoms with Gasteiger partial charge in [0.25, 0.3) is 0 Å². The lowest BCUT2D eigenvalue weighted by Crippen LogP contribution is -2.17. The lowest BCUT2D eigenvalue weighted by Gasteiger charge is -2.24. The summed E-state index contributed by atoms with van der Waals surface area (Å²) in [6.07, 6.45) is 0. The van der Waals surface area contributed by atoms with Crippen LogP contribution in [0.3, 0.4) is 0 Å². The van der Waals surface area contributed by atoms with Gasteiger partial charge in [-0.2, -0.15) is 0 Å². The lowest BCUT2D eigenvalue weighted by molar-refractivity contribution is 0.652. The van der Waals surface area contributed by atoms with Crippen LogP contribution in [0.25, 0.3) is 99.1 Å². The highest BCUT2D eigenvalue weighted by atomic mass is 14.5. The van der Waals surface area contributed by atoms with E-state index in [1.54, 1.807) is 0 Å². The predicted molar refractivity (Wildman–Crippen MR) is 271 cm³/mol. The number of rotatable bonds is 2. The van der Waals surface area contributed by atoms with E-state index < -0.39 is 0 Å². The molecule has 0 spiro atoms. The fourth-order valence-electron chi connectivity index (χ4n) is 13.5. The van der Waals surface area contributed by atoms with Gasteiger partial charge in [0.15, 0.2) is 0 Å². The van der Waals surface area contributed by atoms with Gasteiger partial charge in [0.05, 0.1) is 0 Å². The molecule has 0 aromatic heterocycles. The largest absolute Gasteiger partial charge is 0.0619 e. The highest BCUT2D eigenvalue weighted by Gasteiger charge is 2.43. The summed E-state index contributed by atoms with van der Waals surface area (Å²) in [4.78, 5) is 0. The first-order chi connectivity index (χ1) is 30.7. The van der Waals surface area contributed by atoms with E-state index in [1.165, 1.54) is 144 Å². The summed E-state index contributed by atoms with van der Waals surface area (Å²) in [5.41, 5.74) is 27.5. The maximum absolute atomic E-state index is 2.53. The van der Waals surface area contributed by atoms with Crippen molar-refractivity contribution in [2.75, 3.05) is 0 Å². The Labute approximate surface area is 376 Å². The Bertz CT molecular complexity index is 3520. The second-order valence-electron chi connectivity index (χ2n) is 21.6. The number of benzene rings is 10. The number of fused-ring (bicyclic) bond motifs is 12. The van der Waals surface area contributed by atoms with Crippen molar-refractivity contribution in [1.82, 2.24) is 0 Å². The minimum Gasteiger partial charge on any atom is -0.0619 e. The van der Waals surface area contributed by atoms with E-state index in [-0.39, 0.29) is 21.7 Å². The van der Waals surface area contributed by atoms with Crippen molar-refractivity contribution in [2.24, 2.45) is 0 Å². The summed E-state index contributed by atoms with van der Waals surface area (Å²) < 4.78 is 0. The molecule has 64 heavy (non-hydrogen) atoms. The molecule has 10 aromatic rings. The van der Waals surface area contributed by atoms with Gasteiger partial charge in [-0.05, 0) is 180 Å². The van der Waals surface area contributed by atoms with Crippen molar-refractivity contribution in [3.05, 3.63) is 202 Å². The van der Waals surface area contributed by atoms with Crippen molar-refractivity contribution in [2.45, 2.75) is 77.0 Å². The zero-order chi connectivity index (χ0) is 43.4. The van der Waals surface area contributed by atoms with Crippen LogP contribution >= 0.6 is 0 Å². The van der Waals surface area contributed by atoms with E-state index in [9.17, 15) is 0 Å². The zero-order valence-corrected chi connectivity index (χ0v) is 38.0. The van der Waals surface area contributed by atoms with Gasteiger partial charge in [-0.15, -0.1) is 0 Å². The van der Waals surface area contributed by atoms with Crippen LogP contribution in [0.15, 0.2) is 158 Å². The van der Waals surface area contributed by atoms with Crippen LogP contribution in [0.1, 0.15) is 99.9 Å². The van der Waals surface area contributed by atoms with Crippen LogP contribution in [0, 0.1) is 0 Å². The normalized spacial score (nSPS) is 16.9. The van der Waals surface area contributed by atoms with Crippen molar-refractivity contribution < 1.29 is 0 Å². The lowest BCUT2D eigenvalue weighted by atomic mass is 9.79. The Balaban J connectivity index is 0.885. The molecule has 0 saturated heterocycles. The quantitative estimate of drug-likeness (QED) is 0.152. The maximum atomic E-state index is 2.53. The van der Waals surface area contributed by atoms with Crippen LogP contribution in [-0.2, 0) is 21.7 Å². The topological polar surface area (TPSA) is 0 Å². The van der Waals surface area contributed by atoms with Gasteiger partial charge >= 0.3 is 0 Å². The fraction of sp³-hybridized carbons (Fsp3) is 0.188. The summed E-state index contributed by atoms with van der Waals surface area (Å²) in [5, 5.41) is 7.96. The van der Waals surface area contributed by atoms with Gasteiger partial charge in [0, 0.05) is 21.7 Å². The molecule has 0 N–H and O–H groups in total. The molecule has 14 rings (SSSR count). The summed E-state index contributed by atoms with van der Waals surface area (Å²) in [7, 11) is 0. The predicted octanol–water partition coefficient (Wildman–Crippen LogP) is 17.1. The minimum absolute atomic E-state index is 0.0237. The molecule has 0 heterocycles. The third kappa shape index (κ3) is 4.35. The monoisotopic (exact) mass is 818 g/mol. The van der Waals surface area contributed by atoms with Gasteiger partial charge in [-0.25, -0.2) is 0 Å². The smallest absolute Gasteiger partial charge is 0.0159 e. The molecule has 10 aromatic carbocycles. The molecule has 0 bridgehead atoms. The average Bonchev–Trinajstić information content (AvgIpc) is 3.86.